The van der Waals surface area contributed by atoms with E-state index >= 15 is 0 Å². The number of nitrogens with zero attached hydrogens (tertiary/aromatic N) is 3. The zero-order valence-corrected chi connectivity index (χ0v) is 20.6. The van der Waals surface area contributed by atoms with Crippen LogP contribution in [0.15, 0.2) is 77.7 Å². The van der Waals surface area contributed by atoms with Crippen LogP contribution < -0.4 is 9.21 Å². The molecule has 0 aromatic heterocycles. The molecular formula is C27H29N3O4S. The summed E-state index contributed by atoms with van der Waals surface area (Å²) < 4.78 is 33.8. The molecule has 8 heteroatoms. The third kappa shape index (κ3) is 4.63. The molecule has 1 fully saturated rings. The van der Waals surface area contributed by atoms with Gasteiger partial charge in [-0.3, -0.25) is 9.10 Å². The van der Waals surface area contributed by atoms with E-state index in [4.69, 9.17) is 4.74 Å². The number of sulfonamides is 1. The SMILES string of the molecule is CN(Cc1ccccc1N1CCOCC1)C(=O)c1cccc(S(=O)(=O)N2CCc3ccccc32)c1. The van der Waals surface area contributed by atoms with E-state index in [0.717, 1.165) is 29.9 Å². The summed E-state index contributed by atoms with van der Waals surface area (Å²) in [6.45, 7) is 3.82. The Kier molecular flexibility index (Phi) is 6.49. The molecule has 0 saturated carbocycles. The van der Waals surface area contributed by atoms with E-state index in [0.29, 0.717) is 44.0 Å². The average Bonchev–Trinajstić information content (AvgIpc) is 3.34. The number of rotatable bonds is 6. The summed E-state index contributed by atoms with van der Waals surface area (Å²) in [5, 5.41) is 0. The predicted octanol–water partition coefficient (Wildman–Crippen LogP) is 3.55. The zero-order chi connectivity index (χ0) is 24.4. The number of amides is 1. The van der Waals surface area contributed by atoms with Crippen LogP contribution in [0.3, 0.4) is 0 Å². The summed E-state index contributed by atoms with van der Waals surface area (Å²) in [5.74, 6) is -0.222. The molecule has 3 aromatic carbocycles. The summed E-state index contributed by atoms with van der Waals surface area (Å²) in [5.41, 5.74) is 4.22. The number of para-hydroxylation sites is 2. The summed E-state index contributed by atoms with van der Waals surface area (Å²) >= 11 is 0. The van der Waals surface area contributed by atoms with Gasteiger partial charge in [0, 0.05) is 44.5 Å². The first-order valence-electron chi connectivity index (χ1n) is 11.8. The highest BCUT2D eigenvalue weighted by Gasteiger charge is 2.31. The van der Waals surface area contributed by atoms with Gasteiger partial charge in [-0.05, 0) is 47.9 Å². The molecule has 3 aromatic rings. The Morgan fingerprint density at radius 2 is 1.63 bits per heavy atom. The van der Waals surface area contributed by atoms with Crippen LogP contribution in [0.2, 0.25) is 0 Å². The van der Waals surface area contributed by atoms with Gasteiger partial charge >= 0.3 is 0 Å². The van der Waals surface area contributed by atoms with E-state index in [9.17, 15) is 13.2 Å². The van der Waals surface area contributed by atoms with Crippen molar-refractivity contribution in [3.8, 4) is 0 Å². The van der Waals surface area contributed by atoms with Crippen molar-refractivity contribution in [2.75, 3.05) is 49.1 Å². The lowest BCUT2D eigenvalue weighted by Gasteiger charge is -2.31. The van der Waals surface area contributed by atoms with E-state index < -0.39 is 10.0 Å². The molecule has 7 nitrogen and oxygen atoms in total. The molecule has 2 aliphatic heterocycles. The number of carbonyl (C=O) groups excluding carboxylic acids is 1. The van der Waals surface area contributed by atoms with Gasteiger partial charge in [-0.1, -0.05) is 42.5 Å². The smallest absolute Gasteiger partial charge is 0.264 e. The first-order valence-corrected chi connectivity index (χ1v) is 13.3. The number of hydrogen-bond acceptors (Lipinski definition) is 5. The molecule has 1 amide bonds. The van der Waals surface area contributed by atoms with E-state index in [1.807, 2.05) is 42.5 Å². The molecule has 0 atom stereocenters. The fraction of sp³-hybridized carbons (Fsp3) is 0.296. The lowest BCUT2D eigenvalue weighted by Crippen LogP contribution is -2.37. The number of benzene rings is 3. The second-order valence-electron chi connectivity index (χ2n) is 8.87. The molecule has 0 N–H and O–H groups in total. The first kappa shape index (κ1) is 23.4. The van der Waals surface area contributed by atoms with Gasteiger partial charge in [0.15, 0.2) is 0 Å². The van der Waals surface area contributed by atoms with Crippen molar-refractivity contribution in [3.05, 3.63) is 89.5 Å². The topological polar surface area (TPSA) is 70.2 Å². The van der Waals surface area contributed by atoms with Crippen LogP contribution in [0.5, 0.6) is 0 Å². The van der Waals surface area contributed by atoms with Gasteiger partial charge in [-0.15, -0.1) is 0 Å². The van der Waals surface area contributed by atoms with Gasteiger partial charge in [0.25, 0.3) is 15.9 Å². The van der Waals surface area contributed by atoms with Gasteiger partial charge in [0.05, 0.1) is 23.8 Å². The zero-order valence-electron chi connectivity index (χ0n) is 19.8. The molecule has 182 valence electrons. The minimum Gasteiger partial charge on any atom is -0.378 e. The number of fused-ring (bicyclic) bond motifs is 1. The monoisotopic (exact) mass is 491 g/mol. The Balaban J connectivity index is 1.36. The van der Waals surface area contributed by atoms with Gasteiger partial charge in [-0.25, -0.2) is 8.42 Å². The van der Waals surface area contributed by atoms with Crippen LogP contribution in [0.1, 0.15) is 21.5 Å². The number of hydrogen-bond donors (Lipinski definition) is 0. The Morgan fingerprint density at radius 1 is 0.914 bits per heavy atom. The predicted molar refractivity (Wildman–Crippen MR) is 136 cm³/mol. The fourth-order valence-corrected chi connectivity index (χ4v) is 6.33. The van der Waals surface area contributed by atoms with Crippen molar-refractivity contribution in [1.82, 2.24) is 4.90 Å². The highest BCUT2D eigenvalue weighted by atomic mass is 32.2. The molecule has 0 spiro atoms. The summed E-state index contributed by atoms with van der Waals surface area (Å²) in [6, 6.07) is 22.0. The van der Waals surface area contributed by atoms with Crippen molar-refractivity contribution in [2.45, 2.75) is 17.9 Å². The van der Waals surface area contributed by atoms with E-state index in [1.165, 1.54) is 10.4 Å². The Bertz CT molecular complexity index is 1340. The largest absolute Gasteiger partial charge is 0.378 e. The van der Waals surface area contributed by atoms with Crippen molar-refractivity contribution in [2.24, 2.45) is 0 Å². The number of anilines is 2. The van der Waals surface area contributed by atoms with Crippen molar-refractivity contribution >= 4 is 27.3 Å². The summed E-state index contributed by atoms with van der Waals surface area (Å²) in [4.78, 5) is 17.4. The maximum atomic E-state index is 13.4. The summed E-state index contributed by atoms with van der Waals surface area (Å²) in [7, 11) is -2.02. The van der Waals surface area contributed by atoms with Crippen molar-refractivity contribution in [3.63, 3.8) is 0 Å². The van der Waals surface area contributed by atoms with Gasteiger partial charge in [0.2, 0.25) is 0 Å². The third-order valence-corrected chi connectivity index (χ3v) is 8.42. The number of carbonyl (C=O) groups is 1. The van der Waals surface area contributed by atoms with Gasteiger partial charge in [0.1, 0.15) is 0 Å². The molecule has 35 heavy (non-hydrogen) atoms. The van der Waals surface area contributed by atoms with Crippen LogP contribution in [0.4, 0.5) is 11.4 Å². The highest BCUT2D eigenvalue weighted by Crippen LogP contribution is 2.33. The standard InChI is InChI=1S/C27H29N3O4S/c1-28(20-23-8-3-4-11-25(23)29-15-17-34-18-16-29)27(31)22-9-6-10-24(19-22)35(32,33)30-14-13-21-7-2-5-12-26(21)30/h2-12,19H,13-18,20H2,1H3. The Morgan fingerprint density at radius 3 is 2.43 bits per heavy atom. The molecule has 1 saturated heterocycles. The average molecular weight is 492 g/mol. The fourth-order valence-electron chi connectivity index (χ4n) is 4.78. The van der Waals surface area contributed by atoms with Crippen molar-refractivity contribution in [1.29, 1.82) is 0 Å². The normalized spacial score (nSPS) is 15.7. The third-order valence-electron chi connectivity index (χ3n) is 6.61. The number of ether oxygens (including phenoxy) is 1. The second kappa shape index (κ2) is 9.71. The molecule has 0 unspecified atom stereocenters. The highest BCUT2D eigenvalue weighted by molar-refractivity contribution is 7.92. The van der Waals surface area contributed by atoms with Crippen LogP contribution in [0, 0.1) is 0 Å². The first-order chi connectivity index (χ1) is 16.9. The quantitative estimate of drug-likeness (QED) is 0.528. The molecule has 5 rings (SSSR count). The van der Waals surface area contributed by atoms with Gasteiger partial charge < -0.3 is 14.5 Å². The molecule has 0 aliphatic carbocycles. The Labute approximate surface area is 206 Å². The number of morpholine rings is 1. The lowest BCUT2D eigenvalue weighted by atomic mass is 10.1. The van der Waals surface area contributed by atoms with E-state index in [-0.39, 0.29) is 10.8 Å². The molecular weight excluding hydrogens is 462 g/mol. The molecule has 2 aliphatic rings. The second-order valence-corrected chi connectivity index (χ2v) is 10.7. The lowest BCUT2D eigenvalue weighted by molar-refractivity contribution is 0.0784. The van der Waals surface area contributed by atoms with Gasteiger partial charge in [-0.2, -0.15) is 0 Å². The Hall–Kier alpha value is -3.36. The van der Waals surface area contributed by atoms with Crippen molar-refractivity contribution < 1.29 is 17.9 Å². The maximum absolute atomic E-state index is 13.4. The maximum Gasteiger partial charge on any atom is 0.264 e. The van der Waals surface area contributed by atoms with Crippen LogP contribution in [0.25, 0.3) is 0 Å². The molecule has 0 bridgehead atoms. The molecule has 0 radical (unpaired) electrons. The summed E-state index contributed by atoms with van der Waals surface area (Å²) in [6.07, 6.45) is 0.680. The van der Waals surface area contributed by atoms with E-state index in [1.54, 1.807) is 30.1 Å². The minimum absolute atomic E-state index is 0.127. The van der Waals surface area contributed by atoms with Crippen LogP contribution in [-0.2, 0) is 27.7 Å². The molecule has 2 heterocycles. The van der Waals surface area contributed by atoms with Crippen LogP contribution >= 0.6 is 0 Å². The minimum atomic E-state index is -3.77. The van der Waals surface area contributed by atoms with Crippen LogP contribution in [-0.4, -0.2) is 59.1 Å². The van der Waals surface area contributed by atoms with E-state index in [2.05, 4.69) is 11.0 Å².